The van der Waals surface area contributed by atoms with Crippen LogP contribution in [0.15, 0.2) is 36.7 Å². The number of aromatic carboxylic acids is 1. The fourth-order valence-corrected chi connectivity index (χ4v) is 2.11. The Balaban J connectivity index is 2.24. The molecule has 0 fully saturated rings. The molecule has 0 atom stereocenters. The van der Waals surface area contributed by atoms with Crippen LogP contribution in [0.3, 0.4) is 0 Å². The highest BCUT2D eigenvalue weighted by atomic mass is 35.5. The van der Waals surface area contributed by atoms with E-state index in [4.69, 9.17) is 16.7 Å². The number of aromatic amines is 1. The highest BCUT2D eigenvalue weighted by molar-refractivity contribution is 6.35. The van der Waals surface area contributed by atoms with Crippen molar-refractivity contribution < 1.29 is 9.90 Å². The number of benzene rings is 1. The summed E-state index contributed by atoms with van der Waals surface area (Å²) in [5.74, 6) is -0.595. The second kappa shape index (κ2) is 4.37. The number of nitrogens with one attached hydrogen (secondary N) is 1. The molecule has 1 aromatic carbocycles. The number of carbonyl (C=O) groups is 1. The van der Waals surface area contributed by atoms with Crippen LogP contribution in [0.4, 0.5) is 0 Å². The molecule has 0 saturated heterocycles. The third kappa shape index (κ3) is 1.94. The van der Waals surface area contributed by atoms with Gasteiger partial charge in [-0.15, -0.1) is 0 Å². The summed E-state index contributed by atoms with van der Waals surface area (Å²) in [5, 5.41) is 10.3. The van der Waals surface area contributed by atoms with Crippen LogP contribution in [0.1, 0.15) is 10.5 Å². The van der Waals surface area contributed by atoms with Crippen LogP contribution in [-0.2, 0) is 0 Å². The normalized spacial score (nSPS) is 10.8. The Morgan fingerprint density at radius 3 is 2.84 bits per heavy atom. The van der Waals surface area contributed by atoms with Gasteiger partial charge >= 0.3 is 5.97 Å². The maximum absolute atomic E-state index is 10.9. The molecule has 0 aliphatic heterocycles. The molecule has 0 bridgehead atoms. The number of nitrogens with zero attached hydrogens (tertiary/aromatic N) is 2. The van der Waals surface area contributed by atoms with Crippen LogP contribution < -0.4 is 0 Å². The molecular weight excluding hydrogens is 266 g/mol. The average Bonchev–Trinajstić information content (AvgIpc) is 2.89. The summed E-state index contributed by atoms with van der Waals surface area (Å²) in [6.07, 6.45) is 2.93. The summed E-state index contributed by atoms with van der Waals surface area (Å²) in [7, 11) is 0. The highest BCUT2D eigenvalue weighted by Gasteiger charge is 2.13. The van der Waals surface area contributed by atoms with Gasteiger partial charge in [0.1, 0.15) is 11.5 Å². The molecule has 19 heavy (non-hydrogen) atoms. The van der Waals surface area contributed by atoms with Crippen molar-refractivity contribution in [3.05, 3.63) is 47.4 Å². The van der Waals surface area contributed by atoms with Gasteiger partial charge in [0, 0.05) is 17.1 Å². The first kappa shape index (κ1) is 11.7. The Bertz CT molecular complexity index is 782. The first-order chi connectivity index (χ1) is 9.16. The number of hydrogen-bond donors (Lipinski definition) is 2. The van der Waals surface area contributed by atoms with E-state index in [9.17, 15) is 4.79 Å². The van der Waals surface area contributed by atoms with Crippen LogP contribution in [0, 0.1) is 0 Å². The Hall–Kier alpha value is -2.40. The summed E-state index contributed by atoms with van der Waals surface area (Å²) < 4.78 is 0. The number of carboxylic acid groups (broad SMARTS) is 1. The van der Waals surface area contributed by atoms with E-state index >= 15 is 0 Å². The molecule has 0 amide bonds. The molecule has 6 heteroatoms. The topological polar surface area (TPSA) is 78.9 Å². The second-order valence-corrected chi connectivity index (χ2v) is 4.35. The molecule has 0 unspecified atom stereocenters. The summed E-state index contributed by atoms with van der Waals surface area (Å²) in [6.45, 7) is 0. The molecule has 2 heterocycles. The van der Waals surface area contributed by atoms with E-state index in [2.05, 4.69) is 15.0 Å². The number of hydrogen-bond acceptors (Lipinski definition) is 3. The van der Waals surface area contributed by atoms with Gasteiger partial charge in [-0.2, -0.15) is 0 Å². The molecule has 2 aromatic heterocycles. The number of H-pyrrole nitrogens is 1. The van der Waals surface area contributed by atoms with Gasteiger partial charge < -0.3 is 10.1 Å². The lowest BCUT2D eigenvalue weighted by Gasteiger charge is -2.04. The smallest absolute Gasteiger partial charge is 0.353 e. The number of rotatable bonds is 2. The molecule has 0 spiro atoms. The van der Waals surface area contributed by atoms with E-state index < -0.39 is 5.97 Å². The Labute approximate surface area is 112 Å². The number of pyridine rings is 1. The Morgan fingerprint density at radius 1 is 1.26 bits per heavy atom. The van der Waals surface area contributed by atoms with Crippen molar-refractivity contribution >= 4 is 28.5 Å². The molecule has 0 radical (unpaired) electrons. The molecule has 2 N–H and O–H groups in total. The summed E-state index contributed by atoms with van der Waals surface area (Å²) in [5.41, 5.74) is 1.43. The van der Waals surface area contributed by atoms with Gasteiger partial charge in [0.25, 0.3) is 0 Å². The average molecular weight is 274 g/mol. The van der Waals surface area contributed by atoms with Crippen LogP contribution in [0.2, 0.25) is 5.02 Å². The third-order valence-electron chi connectivity index (χ3n) is 2.78. The molecule has 0 aliphatic rings. The molecule has 3 aromatic rings. The highest BCUT2D eigenvalue weighted by Crippen LogP contribution is 2.29. The maximum Gasteiger partial charge on any atom is 0.353 e. The predicted molar refractivity (Wildman–Crippen MR) is 71.3 cm³/mol. The van der Waals surface area contributed by atoms with Crippen molar-refractivity contribution in [3.63, 3.8) is 0 Å². The lowest BCUT2D eigenvalue weighted by molar-refractivity contribution is 0.0691. The van der Waals surface area contributed by atoms with Gasteiger partial charge in [-0.25, -0.2) is 9.78 Å². The van der Waals surface area contributed by atoms with Crippen LogP contribution in [-0.4, -0.2) is 26.0 Å². The van der Waals surface area contributed by atoms with Crippen molar-refractivity contribution in [3.8, 4) is 11.4 Å². The van der Waals surface area contributed by atoms with Crippen LogP contribution in [0.25, 0.3) is 22.3 Å². The standard InChI is InChI=1S/C13H8ClN3O2/c14-9-4-3-8(11-7(9)2-1-5-15-11)12-16-6-10(17-12)13(18)19/h1-6H,(H,16,17)(H,18,19). The summed E-state index contributed by atoms with van der Waals surface area (Å²) >= 11 is 6.11. The zero-order valence-electron chi connectivity index (χ0n) is 9.59. The number of halogens is 1. The molecular formula is C13H8ClN3O2. The van der Waals surface area contributed by atoms with Crippen molar-refractivity contribution in [1.29, 1.82) is 0 Å². The van der Waals surface area contributed by atoms with Crippen molar-refractivity contribution in [2.45, 2.75) is 0 Å². The van der Waals surface area contributed by atoms with Crippen LogP contribution >= 0.6 is 11.6 Å². The maximum atomic E-state index is 10.9. The fraction of sp³-hybridized carbons (Fsp3) is 0. The van der Waals surface area contributed by atoms with Crippen molar-refractivity contribution in [1.82, 2.24) is 15.0 Å². The molecule has 0 aliphatic carbocycles. The van der Waals surface area contributed by atoms with E-state index in [1.54, 1.807) is 24.4 Å². The SMILES string of the molecule is O=C(O)c1cnc(-c2ccc(Cl)c3cccnc23)[nH]1. The van der Waals surface area contributed by atoms with Crippen molar-refractivity contribution in [2.24, 2.45) is 0 Å². The van der Waals surface area contributed by atoms with Crippen molar-refractivity contribution in [2.75, 3.05) is 0 Å². The minimum atomic E-state index is -1.05. The Kier molecular flexibility index (Phi) is 2.68. The van der Waals surface area contributed by atoms with E-state index in [1.807, 2.05) is 6.07 Å². The molecule has 5 nitrogen and oxygen atoms in total. The van der Waals surface area contributed by atoms with E-state index in [0.717, 1.165) is 5.39 Å². The van der Waals surface area contributed by atoms with E-state index in [1.165, 1.54) is 6.20 Å². The second-order valence-electron chi connectivity index (χ2n) is 3.95. The number of aromatic nitrogens is 3. The Morgan fingerprint density at radius 2 is 2.11 bits per heavy atom. The zero-order chi connectivity index (χ0) is 13.4. The van der Waals surface area contributed by atoms with Gasteiger partial charge in [-0.1, -0.05) is 11.6 Å². The first-order valence-corrected chi connectivity index (χ1v) is 5.86. The largest absolute Gasteiger partial charge is 0.477 e. The molecule has 94 valence electrons. The number of carboxylic acids is 1. The lowest BCUT2D eigenvalue weighted by Crippen LogP contribution is -1.95. The number of fused-ring (bicyclic) bond motifs is 1. The van der Waals surface area contributed by atoms with Gasteiger partial charge in [0.05, 0.1) is 16.7 Å². The monoisotopic (exact) mass is 273 g/mol. The predicted octanol–water partition coefficient (Wildman–Crippen LogP) is 2.98. The fourth-order valence-electron chi connectivity index (χ4n) is 1.90. The first-order valence-electron chi connectivity index (χ1n) is 5.49. The van der Waals surface area contributed by atoms with E-state index in [-0.39, 0.29) is 5.69 Å². The lowest BCUT2D eigenvalue weighted by atomic mass is 10.1. The van der Waals surface area contributed by atoms with Gasteiger partial charge in [0.2, 0.25) is 0 Å². The van der Waals surface area contributed by atoms with Gasteiger partial charge in [-0.05, 0) is 24.3 Å². The van der Waals surface area contributed by atoms with Gasteiger partial charge in [-0.3, -0.25) is 4.98 Å². The minimum absolute atomic E-state index is 0.0361. The quantitative estimate of drug-likeness (QED) is 0.752. The minimum Gasteiger partial charge on any atom is -0.477 e. The van der Waals surface area contributed by atoms with Gasteiger partial charge in [0.15, 0.2) is 0 Å². The summed E-state index contributed by atoms with van der Waals surface area (Å²) in [6, 6.07) is 7.16. The molecule has 3 rings (SSSR count). The van der Waals surface area contributed by atoms with E-state index in [0.29, 0.717) is 21.9 Å². The van der Waals surface area contributed by atoms with Crippen LogP contribution in [0.5, 0.6) is 0 Å². The summed E-state index contributed by atoms with van der Waals surface area (Å²) in [4.78, 5) is 22.0. The zero-order valence-corrected chi connectivity index (χ0v) is 10.3. The third-order valence-corrected chi connectivity index (χ3v) is 3.11. The number of imidazole rings is 1. The molecule has 0 saturated carbocycles.